The lowest BCUT2D eigenvalue weighted by molar-refractivity contribution is 1.07. The van der Waals surface area contributed by atoms with Gasteiger partial charge in [-0.2, -0.15) is 0 Å². The van der Waals surface area contributed by atoms with Crippen molar-refractivity contribution in [3.8, 4) is 0 Å². The largest absolute Gasteiger partial charge is 0.247 e. The van der Waals surface area contributed by atoms with Crippen molar-refractivity contribution < 1.29 is 0 Å². The molecule has 3 nitrogen and oxygen atoms in total. The molecule has 0 aliphatic carbocycles. The minimum atomic E-state index is 0.743. The third kappa shape index (κ3) is 1.97. The maximum Gasteiger partial charge on any atom is 0.178 e. The quantitative estimate of drug-likeness (QED) is 0.564. The van der Waals surface area contributed by atoms with Crippen molar-refractivity contribution in [1.82, 2.24) is 15.0 Å². The van der Waals surface area contributed by atoms with Gasteiger partial charge in [-0.25, -0.2) is 15.0 Å². The predicted molar refractivity (Wildman–Crippen MR) is 72.8 cm³/mol. The SMILES string of the molecule is ICc1nc2cccnc2nc1CI. The van der Waals surface area contributed by atoms with Crippen LogP contribution in [-0.2, 0) is 8.86 Å². The summed E-state index contributed by atoms with van der Waals surface area (Å²) in [6, 6.07) is 3.83. The summed E-state index contributed by atoms with van der Waals surface area (Å²) in [5.74, 6) is 0. The van der Waals surface area contributed by atoms with Gasteiger partial charge in [0.05, 0.1) is 11.4 Å². The number of rotatable bonds is 2. The summed E-state index contributed by atoms with van der Waals surface area (Å²) < 4.78 is 1.78. The van der Waals surface area contributed by atoms with Crippen LogP contribution in [0.2, 0.25) is 0 Å². The van der Waals surface area contributed by atoms with E-state index in [0.29, 0.717) is 0 Å². The lowest BCUT2D eigenvalue weighted by atomic mass is 10.3. The summed E-state index contributed by atoms with van der Waals surface area (Å²) in [5.41, 5.74) is 3.74. The molecule has 0 fully saturated rings. The molecule has 5 heteroatoms. The molecule has 0 aliphatic rings. The van der Waals surface area contributed by atoms with Crippen LogP contribution >= 0.6 is 45.2 Å². The van der Waals surface area contributed by atoms with Crippen molar-refractivity contribution in [1.29, 1.82) is 0 Å². The minimum Gasteiger partial charge on any atom is -0.247 e. The Morgan fingerprint density at radius 3 is 2.50 bits per heavy atom. The molecular weight excluding hydrogens is 404 g/mol. The smallest absolute Gasteiger partial charge is 0.178 e. The minimum absolute atomic E-state index is 0.743. The van der Waals surface area contributed by atoms with Crippen LogP contribution in [0.3, 0.4) is 0 Å². The summed E-state index contributed by atoms with van der Waals surface area (Å²) in [7, 11) is 0. The summed E-state index contributed by atoms with van der Waals surface area (Å²) in [6.07, 6.45) is 1.75. The van der Waals surface area contributed by atoms with Gasteiger partial charge in [-0.05, 0) is 12.1 Å². The lowest BCUT2D eigenvalue weighted by Gasteiger charge is -2.03. The molecule has 2 aromatic heterocycles. The molecule has 0 aliphatic heterocycles. The molecule has 0 bridgehead atoms. The highest BCUT2D eigenvalue weighted by Gasteiger charge is 2.06. The summed E-state index contributed by atoms with van der Waals surface area (Å²) in [6.45, 7) is 0. The molecule has 0 aromatic carbocycles. The third-order valence-corrected chi connectivity index (χ3v) is 3.29. The predicted octanol–water partition coefficient (Wildman–Crippen LogP) is 2.89. The second-order valence-corrected chi connectivity index (χ2v) is 4.26. The zero-order chi connectivity index (χ0) is 9.97. The average molecular weight is 411 g/mol. The van der Waals surface area contributed by atoms with Gasteiger partial charge in [-0.15, -0.1) is 0 Å². The van der Waals surface area contributed by atoms with Crippen LogP contribution in [0.4, 0.5) is 0 Å². The highest BCUT2D eigenvalue weighted by atomic mass is 127. The molecule has 0 N–H and O–H groups in total. The fourth-order valence-corrected chi connectivity index (χ4v) is 2.40. The highest BCUT2D eigenvalue weighted by Crippen LogP contribution is 2.15. The first kappa shape index (κ1) is 10.5. The molecule has 0 amide bonds. The number of fused-ring (bicyclic) bond motifs is 1. The third-order valence-electron chi connectivity index (χ3n) is 1.85. The van der Waals surface area contributed by atoms with Gasteiger partial charge in [0.25, 0.3) is 0 Å². The molecule has 2 heterocycles. The van der Waals surface area contributed by atoms with Gasteiger partial charge in [0.2, 0.25) is 0 Å². The number of pyridine rings is 1. The van der Waals surface area contributed by atoms with E-state index >= 15 is 0 Å². The van der Waals surface area contributed by atoms with Crippen molar-refractivity contribution in [2.75, 3.05) is 0 Å². The molecule has 0 saturated heterocycles. The Hall–Kier alpha value is -0.0500. The fourth-order valence-electron chi connectivity index (χ4n) is 1.18. The molecule has 0 radical (unpaired) electrons. The normalized spacial score (nSPS) is 10.7. The Morgan fingerprint density at radius 2 is 1.79 bits per heavy atom. The molecule has 0 unspecified atom stereocenters. The number of aromatic nitrogens is 3. The Balaban J connectivity index is 2.69. The van der Waals surface area contributed by atoms with Crippen molar-refractivity contribution in [3.63, 3.8) is 0 Å². The molecule has 0 atom stereocenters. The van der Waals surface area contributed by atoms with E-state index in [1.165, 1.54) is 0 Å². The lowest BCUT2D eigenvalue weighted by Crippen LogP contribution is -1.99. The maximum absolute atomic E-state index is 4.53. The van der Waals surface area contributed by atoms with Crippen molar-refractivity contribution in [2.24, 2.45) is 0 Å². The van der Waals surface area contributed by atoms with Crippen molar-refractivity contribution >= 4 is 56.3 Å². The molecular formula is C9H7I2N3. The van der Waals surface area contributed by atoms with Crippen LogP contribution in [-0.4, -0.2) is 15.0 Å². The number of nitrogens with zero attached hydrogens (tertiary/aromatic N) is 3. The average Bonchev–Trinajstić information content (AvgIpc) is 2.27. The van der Waals surface area contributed by atoms with E-state index in [1.54, 1.807) is 6.20 Å². The van der Waals surface area contributed by atoms with Crippen LogP contribution in [0.5, 0.6) is 0 Å². The van der Waals surface area contributed by atoms with E-state index in [4.69, 9.17) is 0 Å². The van der Waals surface area contributed by atoms with E-state index in [-0.39, 0.29) is 0 Å². The number of hydrogen-bond acceptors (Lipinski definition) is 3. The van der Waals surface area contributed by atoms with Gasteiger partial charge in [-0.1, -0.05) is 45.2 Å². The van der Waals surface area contributed by atoms with Crippen LogP contribution in [0.25, 0.3) is 11.2 Å². The van der Waals surface area contributed by atoms with Gasteiger partial charge in [0.15, 0.2) is 5.65 Å². The van der Waals surface area contributed by atoms with Crippen molar-refractivity contribution in [3.05, 3.63) is 29.7 Å². The van der Waals surface area contributed by atoms with Gasteiger partial charge in [0.1, 0.15) is 5.52 Å². The standard InChI is InChI=1S/C9H7I2N3/c10-4-7-8(5-11)14-9-6(13-7)2-1-3-12-9/h1-3H,4-5H2. The van der Waals surface area contributed by atoms with Crippen LogP contribution < -0.4 is 0 Å². The van der Waals surface area contributed by atoms with Gasteiger partial charge in [0, 0.05) is 15.1 Å². The molecule has 2 rings (SSSR count). The maximum atomic E-state index is 4.53. The highest BCUT2D eigenvalue weighted by molar-refractivity contribution is 14.1. The van der Waals surface area contributed by atoms with Gasteiger partial charge < -0.3 is 0 Å². The number of hydrogen-bond donors (Lipinski definition) is 0. The van der Waals surface area contributed by atoms with Crippen LogP contribution in [0, 0.1) is 0 Å². The van der Waals surface area contributed by atoms with Gasteiger partial charge in [-0.3, -0.25) is 0 Å². The van der Waals surface area contributed by atoms with E-state index < -0.39 is 0 Å². The summed E-state index contributed by atoms with van der Waals surface area (Å²) >= 11 is 4.61. The Kier molecular flexibility index (Phi) is 3.47. The zero-order valence-electron chi connectivity index (χ0n) is 7.24. The second kappa shape index (κ2) is 4.65. The monoisotopic (exact) mass is 411 g/mol. The second-order valence-electron chi connectivity index (χ2n) is 2.73. The van der Waals surface area contributed by atoms with Crippen LogP contribution in [0.1, 0.15) is 11.4 Å². The number of halogens is 2. The topological polar surface area (TPSA) is 38.7 Å². The number of alkyl halides is 2. The van der Waals surface area contributed by atoms with Crippen LogP contribution in [0.15, 0.2) is 18.3 Å². The Morgan fingerprint density at radius 1 is 1.07 bits per heavy atom. The van der Waals surface area contributed by atoms with E-state index in [2.05, 4.69) is 60.1 Å². The molecule has 72 valence electrons. The Labute approximate surface area is 109 Å². The van der Waals surface area contributed by atoms with Crippen molar-refractivity contribution in [2.45, 2.75) is 8.86 Å². The molecule has 2 aromatic rings. The van der Waals surface area contributed by atoms with E-state index in [9.17, 15) is 0 Å². The van der Waals surface area contributed by atoms with E-state index in [1.807, 2.05) is 12.1 Å². The fraction of sp³-hybridized carbons (Fsp3) is 0.222. The molecule has 0 spiro atoms. The van der Waals surface area contributed by atoms with E-state index in [0.717, 1.165) is 31.4 Å². The first-order chi connectivity index (χ1) is 6.85. The first-order valence-corrected chi connectivity index (χ1v) is 7.12. The molecule has 0 saturated carbocycles. The summed E-state index contributed by atoms with van der Waals surface area (Å²) in [4.78, 5) is 13.2. The van der Waals surface area contributed by atoms with Gasteiger partial charge >= 0.3 is 0 Å². The molecule has 14 heavy (non-hydrogen) atoms. The summed E-state index contributed by atoms with van der Waals surface area (Å²) in [5, 5.41) is 0. The first-order valence-electron chi connectivity index (χ1n) is 4.07. The zero-order valence-corrected chi connectivity index (χ0v) is 11.6. The Bertz CT molecular complexity index is 416.